The van der Waals surface area contributed by atoms with Gasteiger partial charge in [-0.15, -0.1) is 0 Å². The Morgan fingerprint density at radius 2 is 2.06 bits per heavy atom. The minimum atomic E-state index is 0.372. The Kier molecular flexibility index (Phi) is 6.06. The number of ether oxygens (including phenoxy) is 1. The highest BCUT2D eigenvalue weighted by Gasteiger charge is 2.09. The third kappa shape index (κ3) is 4.78. The molecule has 0 fully saturated rings. The van der Waals surface area contributed by atoms with Crippen molar-refractivity contribution in [3.05, 3.63) is 29.8 Å². The molecule has 0 spiro atoms. The zero-order chi connectivity index (χ0) is 12.7. The molecule has 0 aliphatic rings. The summed E-state index contributed by atoms with van der Waals surface area (Å²) in [6.45, 7) is 6.70. The lowest BCUT2D eigenvalue weighted by Crippen LogP contribution is -2.28. The molecule has 0 aliphatic carbocycles. The summed E-state index contributed by atoms with van der Waals surface area (Å²) in [6.07, 6.45) is 3.80. The van der Waals surface area contributed by atoms with Crippen LogP contribution < -0.4 is 10.1 Å². The Bertz CT molecular complexity index is 324. The average Bonchev–Trinajstić information content (AvgIpc) is 2.36. The molecule has 2 atom stereocenters. The van der Waals surface area contributed by atoms with Crippen LogP contribution in [0.15, 0.2) is 24.3 Å². The van der Waals surface area contributed by atoms with Crippen molar-refractivity contribution in [1.29, 1.82) is 0 Å². The molecule has 0 radical (unpaired) electrons. The van der Waals surface area contributed by atoms with Crippen LogP contribution in [0.4, 0.5) is 0 Å². The highest BCUT2D eigenvalue weighted by molar-refractivity contribution is 5.30. The van der Waals surface area contributed by atoms with Crippen molar-refractivity contribution in [3.8, 4) is 5.75 Å². The van der Waals surface area contributed by atoms with E-state index in [2.05, 4.69) is 38.2 Å². The van der Waals surface area contributed by atoms with E-state index in [0.717, 1.165) is 5.75 Å². The van der Waals surface area contributed by atoms with Gasteiger partial charge >= 0.3 is 0 Å². The van der Waals surface area contributed by atoms with E-state index in [1.54, 1.807) is 7.11 Å². The van der Waals surface area contributed by atoms with Gasteiger partial charge in [-0.3, -0.25) is 0 Å². The Labute approximate surface area is 105 Å². The second-order valence-corrected chi connectivity index (χ2v) is 4.71. The van der Waals surface area contributed by atoms with Gasteiger partial charge in [0.05, 0.1) is 7.11 Å². The Hall–Kier alpha value is -1.02. The van der Waals surface area contributed by atoms with Crippen molar-refractivity contribution < 1.29 is 4.74 Å². The van der Waals surface area contributed by atoms with Gasteiger partial charge in [-0.2, -0.15) is 0 Å². The molecule has 2 nitrogen and oxygen atoms in total. The largest absolute Gasteiger partial charge is 0.497 e. The Morgan fingerprint density at radius 3 is 2.71 bits per heavy atom. The highest BCUT2D eigenvalue weighted by atomic mass is 16.5. The molecule has 96 valence electrons. The van der Waals surface area contributed by atoms with Gasteiger partial charge in [-0.1, -0.05) is 31.9 Å². The molecular weight excluding hydrogens is 210 g/mol. The van der Waals surface area contributed by atoms with Gasteiger partial charge < -0.3 is 10.1 Å². The van der Waals surface area contributed by atoms with Crippen LogP contribution in [0.1, 0.15) is 51.6 Å². The van der Waals surface area contributed by atoms with E-state index in [0.29, 0.717) is 12.1 Å². The number of unbranched alkanes of at least 4 members (excludes halogenated alkanes) is 1. The summed E-state index contributed by atoms with van der Waals surface area (Å²) in [5.41, 5.74) is 1.28. The maximum Gasteiger partial charge on any atom is 0.119 e. The van der Waals surface area contributed by atoms with Crippen molar-refractivity contribution in [3.63, 3.8) is 0 Å². The smallest absolute Gasteiger partial charge is 0.119 e. The average molecular weight is 235 g/mol. The first-order valence-corrected chi connectivity index (χ1v) is 6.57. The van der Waals surface area contributed by atoms with E-state index in [-0.39, 0.29) is 0 Å². The third-order valence-electron chi connectivity index (χ3n) is 3.12. The fourth-order valence-corrected chi connectivity index (χ4v) is 2.03. The molecule has 0 saturated heterocycles. The van der Waals surface area contributed by atoms with E-state index >= 15 is 0 Å². The van der Waals surface area contributed by atoms with Gasteiger partial charge in [0, 0.05) is 12.1 Å². The molecule has 2 heteroatoms. The second-order valence-electron chi connectivity index (χ2n) is 4.71. The summed E-state index contributed by atoms with van der Waals surface area (Å²) in [5, 5.41) is 3.63. The molecule has 0 aromatic heterocycles. The van der Waals surface area contributed by atoms with Crippen molar-refractivity contribution in [1.82, 2.24) is 5.32 Å². The number of rotatable bonds is 7. The molecule has 1 N–H and O–H groups in total. The standard InChI is InChI=1S/C15H25NO/c1-5-6-8-12(2)16-13(3)14-9-7-10-15(11-14)17-4/h7,9-13,16H,5-6,8H2,1-4H3. The summed E-state index contributed by atoms with van der Waals surface area (Å²) in [7, 11) is 1.71. The van der Waals surface area contributed by atoms with Gasteiger partial charge in [-0.25, -0.2) is 0 Å². The minimum absolute atomic E-state index is 0.372. The van der Waals surface area contributed by atoms with Crippen LogP contribution in [-0.4, -0.2) is 13.2 Å². The predicted octanol–water partition coefficient (Wildman–Crippen LogP) is 3.92. The van der Waals surface area contributed by atoms with Crippen molar-refractivity contribution in [2.45, 2.75) is 52.1 Å². The van der Waals surface area contributed by atoms with Crippen LogP contribution >= 0.6 is 0 Å². The van der Waals surface area contributed by atoms with Crippen molar-refractivity contribution in [2.24, 2.45) is 0 Å². The van der Waals surface area contributed by atoms with Gasteiger partial charge in [-0.05, 0) is 38.0 Å². The number of benzene rings is 1. The molecule has 0 heterocycles. The lowest BCUT2D eigenvalue weighted by Gasteiger charge is -2.20. The lowest BCUT2D eigenvalue weighted by molar-refractivity contribution is 0.410. The Morgan fingerprint density at radius 1 is 1.29 bits per heavy atom. The number of hydrogen-bond acceptors (Lipinski definition) is 2. The molecule has 2 unspecified atom stereocenters. The van der Waals surface area contributed by atoms with Crippen LogP contribution in [0.25, 0.3) is 0 Å². The monoisotopic (exact) mass is 235 g/mol. The first-order valence-electron chi connectivity index (χ1n) is 6.57. The summed E-state index contributed by atoms with van der Waals surface area (Å²) < 4.78 is 5.25. The van der Waals surface area contributed by atoms with E-state index in [4.69, 9.17) is 4.74 Å². The van der Waals surface area contributed by atoms with Gasteiger partial charge in [0.1, 0.15) is 5.75 Å². The minimum Gasteiger partial charge on any atom is -0.497 e. The molecule has 1 rings (SSSR count). The van der Waals surface area contributed by atoms with Crippen LogP contribution in [0.5, 0.6) is 5.75 Å². The summed E-state index contributed by atoms with van der Waals surface area (Å²) in [6, 6.07) is 9.21. The van der Waals surface area contributed by atoms with E-state index < -0.39 is 0 Å². The van der Waals surface area contributed by atoms with Gasteiger partial charge in [0.25, 0.3) is 0 Å². The van der Waals surface area contributed by atoms with Gasteiger partial charge in [0.2, 0.25) is 0 Å². The molecular formula is C15H25NO. The third-order valence-corrected chi connectivity index (χ3v) is 3.12. The second kappa shape index (κ2) is 7.33. The van der Waals surface area contributed by atoms with Crippen molar-refractivity contribution >= 4 is 0 Å². The van der Waals surface area contributed by atoms with Crippen LogP contribution in [0, 0.1) is 0 Å². The molecule has 1 aromatic rings. The topological polar surface area (TPSA) is 21.3 Å². The van der Waals surface area contributed by atoms with Crippen molar-refractivity contribution in [2.75, 3.05) is 7.11 Å². The Balaban J connectivity index is 2.53. The van der Waals surface area contributed by atoms with Crippen LogP contribution in [-0.2, 0) is 0 Å². The van der Waals surface area contributed by atoms with E-state index in [1.165, 1.54) is 24.8 Å². The zero-order valence-corrected chi connectivity index (χ0v) is 11.5. The molecule has 0 saturated carbocycles. The molecule has 0 aliphatic heterocycles. The fraction of sp³-hybridized carbons (Fsp3) is 0.600. The summed E-state index contributed by atoms with van der Waals surface area (Å²) in [5.74, 6) is 0.928. The highest BCUT2D eigenvalue weighted by Crippen LogP contribution is 2.19. The van der Waals surface area contributed by atoms with E-state index in [1.807, 2.05) is 12.1 Å². The number of methoxy groups -OCH3 is 1. The normalized spacial score (nSPS) is 14.4. The number of hydrogen-bond donors (Lipinski definition) is 1. The lowest BCUT2D eigenvalue weighted by atomic mass is 10.1. The first kappa shape index (κ1) is 14.0. The maximum absolute atomic E-state index is 5.25. The quantitative estimate of drug-likeness (QED) is 0.773. The van der Waals surface area contributed by atoms with Crippen LogP contribution in [0.3, 0.4) is 0 Å². The van der Waals surface area contributed by atoms with E-state index in [9.17, 15) is 0 Å². The molecule has 1 aromatic carbocycles. The summed E-state index contributed by atoms with van der Waals surface area (Å²) >= 11 is 0. The SMILES string of the molecule is CCCCC(C)NC(C)c1cccc(OC)c1. The predicted molar refractivity (Wildman–Crippen MR) is 73.5 cm³/mol. The first-order chi connectivity index (χ1) is 8.17. The molecule has 0 amide bonds. The van der Waals surface area contributed by atoms with Gasteiger partial charge in [0.15, 0.2) is 0 Å². The fourth-order valence-electron chi connectivity index (χ4n) is 2.03. The maximum atomic E-state index is 5.25. The summed E-state index contributed by atoms with van der Waals surface area (Å²) in [4.78, 5) is 0. The molecule has 17 heavy (non-hydrogen) atoms. The zero-order valence-electron chi connectivity index (χ0n) is 11.5. The van der Waals surface area contributed by atoms with Crippen LogP contribution in [0.2, 0.25) is 0 Å². The number of nitrogens with one attached hydrogen (secondary N) is 1. The molecule has 0 bridgehead atoms.